The molecule has 0 bridgehead atoms. The zero-order valence-corrected chi connectivity index (χ0v) is 20.4. The molecule has 0 aliphatic carbocycles. The summed E-state index contributed by atoms with van der Waals surface area (Å²) in [5.41, 5.74) is 1.94. The largest absolute Gasteiger partial charge is 0.391 e. The van der Waals surface area contributed by atoms with Crippen molar-refractivity contribution in [2.24, 2.45) is 0 Å². The van der Waals surface area contributed by atoms with Gasteiger partial charge in [-0.25, -0.2) is 14.8 Å². The molecular formula is C23H33N5O5S. The van der Waals surface area contributed by atoms with Crippen molar-refractivity contribution in [3.63, 3.8) is 0 Å². The lowest BCUT2D eigenvalue weighted by molar-refractivity contribution is 0.0883. The Labute approximate surface area is 201 Å². The van der Waals surface area contributed by atoms with E-state index in [9.17, 15) is 19.0 Å². The van der Waals surface area contributed by atoms with Crippen LogP contribution in [0.25, 0.3) is 11.4 Å². The Morgan fingerprint density at radius 3 is 2.68 bits per heavy atom. The number of benzene rings is 1. The number of hydrogen-bond acceptors (Lipinski definition) is 8. The zero-order chi connectivity index (χ0) is 24.3. The van der Waals surface area contributed by atoms with Crippen molar-refractivity contribution in [2.45, 2.75) is 37.7 Å². The van der Waals surface area contributed by atoms with E-state index in [2.05, 4.69) is 22.1 Å². The first-order valence-electron chi connectivity index (χ1n) is 11.5. The second kappa shape index (κ2) is 10.4. The maximum absolute atomic E-state index is 12.5. The second-order valence-corrected chi connectivity index (χ2v) is 11.3. The van der Waals surface area contributed by atoms with Crippen molar-refractivity contribution >= 4 is 28.1 Å². The van der Waals surface area contributed by atoms with Crippen LogP contribution >= 0.6 is 10.6 Å². The normalized spacial score (nSPS) is 21.9. The van der Waals surface area contributed by atoms with Crippen molar-refractivity contribution in [1.82, 2.24) is 14.9 Å². The van der Waals surface area contributed by atoms with Gasteiger partial charge >= 0.3 is 6.03 Å². The van der Waals surface area contributed by atoms with Gasteiger partial charge < -0.3 is 25.0 Å². The number of likely N-dealkylation sites (tertiary alicyclic amines) is 1. The fourth-order valence-corrected chi connectivity index (χ4v) is 4.93. The minimum absolute atomic E-state index is 0.0457. The van der Waals surface area contributed by atoms with Crippen LogP contribution in [-0.2, 0) is 10.5 Å². The number of anilines is 2. The average Bonchev–Trinajstić information content (AvgIpc) is 2.78. The highest BCUT2D eigenvalue weighted by molar-refractivity contribution is 8.23. The van der Waals surface area contributed by atoms with Gasteiger partial charge in [0.15, 0.2) is 5.82 Å². The fourth-order valence-electron chi connectivity index (χ4n) is 4.23. The molecule has 3 heterocycles. The summed E-state index contributed by atoms with van der Waals surface area (Å²) < 4.78 is 25.6. The molecule has 2 amide bonds. The van der Waals surface area contributed by atoms with E-state index in [-0.39, 0.29) is 17.8 Å². The molecule has 1 aromatic heterocycles. The molecule has 4 N–H and O–H groups in total. The van der Waals surface area contributed by atoms with Gasteiger partial charge in [-0.3, -0.25) is 9.11 Å². The Bertz CT molecular complexity index is 1000. The van der Waals surface area contributed by atoms with Gasteiger partial charge in [0, 0.05) is 43.2 Å². The molecule has 0 saturated carbocycles. The monoisotopic (exact) mass is 491 g/mol. The van der Waals surface area contributed by atoms with Crippen LogP contribution in [0.2, 0.25) is 0 Å². The Kier molecular flexibility index (Phi) is 7.58. The number of β-amino-alcohol motifs (C(OH)–C–C–N with tert-alkyl or cyclic N) is 1. The lowest BCUT2D eigenvalue weighted by Crippen LogP contribution is -2.44. The first-order chi connectivity index (χ1) is 16.2. The quantitative estimate of drug-likeness (QED) is 0.501. The second-order valence-electron chi connectivity index (χ2n) is 9.05. The summed E-state index contributed by atoms with van der Waals surface area (Å²) in [7, 11) is -2.78. The molecule has 10 nitrogen and oxygen atoms in total. The first-order valence-corrected chi connectivity index (χ1v) is 13.6. The van der Waals surface area contributed by atoms with Gasteiger partial charge in [0.25, 0.3) is 0 Å². The highest BCUT2D eigenvalue weighted by Crippen LogP contribution is 2.38. The number of hydrogen-bond donors (Lipinski definition) is 4. The maximum Gasteiger partial charge on any atom is 0.321 e. The van der Waals surface area contributed by atoms with Crippen LogP contribution in [0.15, 0.2) is 30.3 Å². The minimum Gasteiger partial charge on any atom is -0.391 e. The number of urea groups is 1. The van der Waals surface area contributed by atoms with E-state index in [4.69, 9.17) is 9.72 Å². The number of carbonyl (C=O) groups is 1. The molecular weight excluding hydrogens is 458 g/mol. The molecule has 186 valence electrons. The van der Waals surface area contributed by atoms with Gasteiger partial charge in [-0.05, 0) is 44.0 Å². The number of nitrogens with zero attached hydrogens (tertiary/aromatic N) is 4. The van der Waals surface area contributed by atoms with Crippen molar-refractivity contribution in [2.75, 3.05) is 49.3 Å². The van der Waals surface area contributed by atoms with E-state index in [0.717, 1.165) is 24.2 Å². The molecule has 11 heteroatoms. The van der Waals surface area contributed by atoms with Crippen LogP contribution in [0.3, 0.4) is 0 Å². The molecule has 1 aromatic carbocycles. The van der Waals surface area contributed by atoms with E-state index in [0.29, 0.717) is 50.1 Å². The van der Waals surface area contributed by atoms with Gasteiger partial charge in [0.2, 0.25) is 0 Å². The van der Waals surface area contributed by atoms with E-state index in [1.54, 1.807) is 17.0 Å². The number of aliphatic hydroxyl groups is 1. The van der Waals surface area contributed by atoms with Crippen molar-refractivity contribution in [3.8, 4) is 11.4 Å². The van der Waals surface area contributed by atoms with Crippen LogP contribution in [-0.4, -0.2) is 86.4 Å². The van der Waals surface area contributed by atoms with Gasteiger partial charge in [-0.15, -0.1) is 0 Å². The molecule has 0 spiro atoms. The van der Waals surface area contributed by atoms with Crippen LogP contribution in [0.1, 0.15) is 25.5 Å². The Morgan fingerprint density at radius 2 is 2.00 bits per heavy atom. The molecule has 1 unspecified atom stereocenters. The fraction of sp³-hybridized carbons (Fsp3) is 0.522. The highest BCUT2D eigenvalue weighted by atomic mass is 32.3. The predicted octanol–water partition coefficient (Wildman–Crippen LogP) is 3.24. The maximum atomic E-state index is 12.5. The van der Waals surface area contributed by atoms with Gasteiger partial charge in [0.05, 0.1) is 36.8 Å². The van der Waals surface area contributed by atoms with Crippen molar-refractivity contribution in [3.05, 3.63) is 36.0 Å². The summed E-state index contributed by atoms with van der Waals surface area (Å²) in [4.78, 5) is 25.6. The summed E-state index contributed by atoms with van der Waals surface area (Å²) in [6.07, 6.45) is 2.44. The smallest absolute Gasteiger partial charge is 0.321 e. The average molecular weight is 492 g/mol. The summed E-state index contributed by atoms with van der Waals surface area (Å²) >= 11 is 0. The number of nitrogens with one attached hydrogen (secondary N) is 1. The lowest BCUT2D eigenvalue weighted by Gasteiger charge is -2.35. The molecule has 0 radical (unpaired) electrons. The van der Waals surface area contributed by atoms with Crippen molar-refractivity contribution in [1.29, 1.82) is 0 Å². The Hall–Kier alpha value is -2.44. The SMILES string of the molecule is C[C@H]1COCCN1c1cc(CS(C)(O)O)nc(-c2ccc(NC(=O)N3CCCC(O)C3)cc2)n1. The molecule has 2 atom stereocenters. The number of aliphatic hydroxyl groups excluding tert-OH is 1. The third-order valence-corrected chi connectivity index (χ3v) is 6.77. The Balaban J connectivity index is 1.55. The number of morpholine rings is 1. The summed E-state index contributed by atoms with van der Waals surface area (Å²) in [6.45, 7) is 4.91. The molecule has 2 aliphatic heterocycles. The number of ether oxygens (including phenoxy) is 1. The first kappa shape index (κ1) is 24.7. The lowest BCUT2D eigenvalue weighted by atomic mass is 10.1. The molecule has 2 aliphatic rings. The van der Waals surface area contributed by atoms with E-state index >= 15 is 0 Å². The third kappa shape index (κ3) is 6.36. The van der Waals surface area contributed by atoms with Crippen LogP contribution in [0, 0.1) is 0 Å². The van der Waals surface area contributed by atoms with E-state index in [1.165, 1.54) is 6.26 Å². The van der Waals surface area contributed by atoms with E-state index < -0.39 is 16.7 Å². The van der Waals surface area contributed by atoms with Crippen LogP contribution < -0.4 is 10.2 Å². The van der Waals surface area contributed by atoms with Crippen LogP contribution in [0.5, 0.6) is 0 Å². The highest BCUT2D eigenvalue weighted by Gasteiger charge is 2.24. The zero-order valence-electron chi connectivity index (χ0n) is 19.6. The molecule has 4 rings (SSSR count). The molecule has 2 saturated heterocycles. The van der Waals surface area contributed by atoms with Gasteiger partial charge in [-0.2, -0.15) is 10.6 Å². The topological polar surface area (TPSA) is 131 Å². The van der Waals surface area contributed by atoms with Gasteiger partial charge in [0.1, 0.15) is 5.82 Å². The van der Waals surface area contributed by atoms with Crippen LogP contribution in [0.4, 0.5) is 16.3 Å². The predicted molar refractivity (Wildman–Crippen MR) is 133 cm³/mol. The van der Waals surface area contributed by atoms with E-state index in [1.807, 2.05) is 18.2 Å². The third-order valence-electron chi connectivity index (χ3n) is 5.93. The Morgan fingerprint density at radius 1 is 1.24 bits per heavy atom. The molecule has 34 heavy (non-hydrogen) atoms. The number of rotatable bonds is 5. The number of aromatic nitrogens is 2. The standard InChI is InChI=1S/C23H33N5O5S/c1-16-14-33-11-10-28(16)21-12-19(15-34(2,31)32)24-22(26-21)17-5-7-18(8-6-17)25-23(30)27-9-3-4-20(29)13-27/h5-8,12,16,20,29,31-32H,3-4,9-11,13-15H2,1-2H3,(H,25,30)/t16-,20?/m0/s1. The molecule has 2 aromatic rings. The molecule has 2 fully saturated rings. The summed E-state index contributed by atoms with van der Waals surface area (Å²) in [6, 6.07) is 8.94. The van der Waals surface area contributed by atoms with Crippen molar-refractivity contribution < 1.29 is 23.7 Å². The number of piperidine rings is 1. The number of carbonyl (C=O) groups excluding carboxylic acids is 1. The summed E-state index contributed by atoms with van der Waals surface area (Å²) in [5.74, 6) is 1.25. The van der Waals surface area contributed by atoms with Gasteiger partial charge in [-0.1, -0.05) is 0 Å². The summed E-state index contributed by atoms with van der Waals surface area (Å²) in [5, 5.41) is 12.7. The minimum atomic E-state index is -2.78. The number of amides is 2.